The largest absolute Gasteiger partial charge is 0.367 e. The third-order valence-electron chi connectivity index (χ3n) is 3.45. The molecule has 1 aliphatic heterocycles. The number of aryl methyl sites for hydroxylation is 1. The van der Waals surface area contributed by atoms with Crippen LogP contribution in [0.25, 0.3) is 5.52 Å². The molecule has 0 atom stereocenters. The molecule has 0 spiro atoms. The molecule has 5 heteroatoms. The second-order valence-electron chi connectivity index (χ2n) is 4.52. The van der Waals surface area contributed by atoms with Gasteiger partial charge in [0.05, 0.1) is 5.69 Å². The summed E-state index contributed by atoms with van der Waals surface area (Å²) in [5.74, 6) is 1.11. The summed E-state index contributed by atoms with van der Waals surface area (Å²) in [6, 6.07) is 4.30. The van der Waals surface area contributed by atoms with Gasteiger partial charge in [0, 0.05) is 38.8 Å². The molecule has 0 unspecified atom stereocenters. The fourth-order valence-corrected chi connectivity index (χ4v) is 3.15. The Balaban J connectivity index is 2.13. The van der Waals surface area contributed by atoms with E-state index in [1.165, 1.54) is 11.2 Å². The SMILES string of the molecule is CCc1nc(Br)c2c(N3CCNCC3)cccn12. The summed E-state index contributed by atoms with van der Waals surface area (Å²) in [5, 5.41) is 3.39. The molecule has 4 nitrogen and oxygen atoms in total. The van der Waals surface area contributed by atoms with Gasteiger partial charge in [-0.25, -0.2) is 4.98 Å². The molecule has 18 heavy (non-hydrogen) atoms. The predicted molar refractivity (Wildman–Crippen MR) is 77.4 cm³/mol. The van der Waals surface area contributed by atoms with Crippen molar-refractivity contribution < 1.29 is 0 Å². The lowest BCUT2D eigenvalue weighted by atomic mass is 10.2. The van der Waals surface area contributed by atoms with E-state index in [1.54, 1.807) is 0 Å². The average Bonchev–Trinajstić information content (AvgIpc) is 2.77. The minimum absolute atomic E-state index is 0.942. The Morgan fingerprint density at radius 1 is 1.39 bits per heavy atom. The van der Waals surface area contributed by atoms with Gasteiger partial charge in [-0.2, -0.15) is 0 Å². The fourth-order valence-electron chi connectivity index (χ4n) is 2.55. The van der Waals surface area contributed by atoms with Crippen LogP contribution in [-0.2, 0) is 6.42 Å². The normalized spacial score (nSPS) is 16.4. The molecule has 0 saturated carbocycles. The topological polar surface area (TPSA) is 32.6 Å². The summed E-state index contributed by atoms with van der Waals surface area (Å²) in [5.41, 5.74) is 2.47. The van der Waals surface area contributed by atoms with Crippen LogP contribution in [0.4, 0.5) is 5.69 Å². The number of fused-ring (bicyclic) bond motifs is 1. The van der Waals surface area contributed by atoms with Crippen LogP contribution in [0.5, 0.6) is 0 Å². The molecule has 0 aromatic carbocycles. The van der Waals surface area contributed by atoms with Crippen LogP contribution >= 0.6 is 15.9 Å². The van der Waals surface area contributed by atoms with E-state index in [9.17, 15) is 0 Å². The Morgan fingerprint density at radius 3 is 2.89 bits per heavy atom. The summed E-state index contributed by atoms with van der Waals surface area (Å²) < 4.78 is 3.15. The number of nitrogens with zero attached hydrogens (tertiary/aromatic N) is 3. The Kier molecular flexibility index (Phi) is 3.26. The zero-order chi connectivity index (χ0) is 12.5. The average molecular weight is 309 g/mol. The first-order chi connectivity index (χ1) is 8.81. The van der Waals surface area contributed by atoms with E-state index in [2.05, 4.69) is 60.8 Å². The number of imidazole rings is 1. The van der Waals surface area contributed by atoms with Crippen molar-refractivity contribution in [3.8, 4) is 0 Å². The quantitative estimate of drug-likeness (QED) is 0.922. The van der Waals surface area contributed by atoms with Crippen molar-refractivity contribution in [2.45, 2.75) is 13.3 Å². The lowest BCUT2D eigenvalue weighted by Gasteiger charge is -2.30. The molecule has 3 rings (SSSR count). The summed E-state index contributed by atoms with van der Waals surface area (Å²) in [4.78, 5) is 7.03. The summed E-state index contributed by atoms with van der Waals surface area (Å²) >= 11 is 3.60. The van der Waals surface area contributed by atoms with Gasteiger partial charge in [0.15, 0.2) is 0 Å². The highest BCUT2D eigenvalue weighted by molar-refractivity contribution is 9.10. The van der Waals surface area contributed by atoms with Crippen LogP contribution in [0.3, 0.4) is 0 Å². The zero-order valence-electron chi connectivity index (χ0n) is 10.5. The van der Waals surface area contributed by atoms with E-state index in [0.717, 1.165) is 43.0 Å². The molecule has 0 bridgehead atoms. The van der Waals surface area contributed by atoms with Crippen LogP contribution < -0.4 is 10.2 Å². The zero-order valence-corrected chi connectivity index (χ0v) is 12.1. The van der Waals surface area contributed by atoms with Crippen LogP contribution in [-0.4, -0.2) is 35.6 Å². The van der Waals surface area contributed by atoms with Crippen molar-refractivity contribution in [3.05, 3.63) is 28.8 Å². The molecule has 1 saturated heterocycles. The van der Waals surface area contributed by atoms with Gasteiger partial charge in [-0.15, -0.1) is 0 Å². The summed E-state index contributed by atoms with van der Waals surface area (Å²) in [7, 11) is 0. The second-order valence-corrected chi connectivity index (χ2v) is 5.27. The van der Waals surface area contributed by atoms with Gasteiger partial charge in [0.1, 0.15) is 15.9 Å². The standard InChI is InChI=1S/C13H17BrN4/c1-2-11-16-13(14)12-10(4-3-7-18(11)12)17-8-5-15-6-9-17/h3-4,7,15H,2,5-6,8-9H2,1H3. The lowest BCUT2D eigenvalue weighted by Crippen LogP contribution is -2.43. The number of halogens is 1. The molecule has 0 aliphatic carbocycles. The fraction of sp³-hybridized carbons (Fsp3) is 0.462. The van der Waals surface area contributed by atoms with Crippen molar-refractivity contribution >= 4 is 27.1 Å². The molecule has 2 aromatic rings. The highest BCUT2D eigenvalue weighted by atomic mass is 79.9. The van der Waals surface area contributed by atoms with Gasteiger partial charge in [-0.05, 0) is 28.1 Å². The van der Waals surface area contributed by atoms with Crippen LogP contribution in [0.15, 0.2) is 22.9 Å². The monoisotopic (exact) mass is 308 g/mol. The predicted octanol–water partition coefficient (Wildman–Crippen LogP) is 2.07. The van der Waals surface area contributed by atoms with Gasteiger partial charge < -0.3 is 14.6 Å². The number of hydrogen-bond acceptors (Lipinski definition) is 3. The van der Waals surface area contributed by atoms with Gasteiger partial charge in [0.25, 0.3) is 0 Å². The molecule has 0 radical (unpaired) electrons. The van der Waals surface area contributed by atoms with Crippen molar-refractivity contribution in [2.75, 3.05) is 31.1 Å². The molecule has 1 fully saturated rings. The van der Waals surface area contributed by atoms with Gasteiger partial charge >= 0.3 is 0 Å². The Bertz CT molecular complexity index is 557. The first-order valence-electron chi connectivity index (χ1n) is 6.42. The Morgan fingerprint density at radius 2 is 2.17 bits per heavy atom. The molecular formula is C13H17BrN4. The number of hydrogen-bond donors (Lipinski definition) is 1. The Labute approximate surface area is 115 Å². The molecule has 1 aliphatic rings. The highest BCUT2D eigenvalue weighted by Crippen LogP contribution is 2.29. The van der Waals surface area contributed by atoms with E-state index in [4.69, 9.17) is 0 Å². The molecule has 96 valence electrons. The van der Waals surface area contributed by atoms with Crippen LogP contribution in [0.2, 0.25) is 0 Å². The molecular weight excluding hydrogens is 292 g/mol. The van der Waals surface area contributed by atoms with E-state index < -0.39 is 0 Å². The van der Waals surface area contributed by atoms with Crippen LogP contribution in [0, 0.1) is 0 Å². The number of aromatic nitrogens is 2. The lowest BCUT2D eigenvalue weighted by molar-refractivity contribution is 0.590. The third-order valence-corrected chi connectivity index (χ3v) is 4.00. The smallest absolute Gasteiger partial charge is 0.134 e. The molecule has 1 N–H and O–H groups in total. The number of rotatable bonds is 2. The van der Waals surface area contributed by atoms with E-state index >= 15 is 0 Å². The molecule has 0 amide bonds. The third kappa shape index (κ3) is 1.91. The molecule has 3 heterocycles. The van der Waals surface area contributed by atoms with E-state index in [-0.39, 0.29) is 0 Å². The van der Waals surface area contributed by atoms with E-state index in [0.29, 0.717) is 0 Å². The minimum atomic E-state index is 0.942. The summed E-state index contributed by atoms with van der Waals surface area (Å²) in [6.07, 6.45) is 3.04. The maximum Gasteiger partial charge on any atom is 0.134 e. The van der Waals surface area contributed by atoms with E-state index in [1.807, 2.05) is 0 Å². The minimum Gasteiger partial charge on any atom is -0.367 e. The first kappa shape index (κ1) is 12.0. The second kappa shape index (κ2) is 4.90. The van der Waals surface area contributed by atoms with Crippen LogP contribution in [0.1, 0.15) is 12.7 Å². The Hall–Kier alpha value is -1.07. The van der Waals surface area contributed by atoms with Crippen molar-refractivity contribution in [3.63, 3.8) is 0 Å². The first-order valence-corrected chi connectivity index (χ1v) is 7.21. The molecule has 2 aromatic heterocycles. The number of piperazine rings is 1. The van der Waals surface area contributed by atoms with Gasteiger partial charge in [0.2, 0.25) is 0 Å². The number of anilines is 1. The maximum atomic E-state index is 4.60. The maximum absolute atomic E-state index is 4.60. The highest BCUT2D eigenvalue weighted by Gasteiger charge is 2.17. The number of nitrogens with one attached hydrogen (secondary N) is 1. The van der Waals surface area contributed by atoms with Gasteiger partial charge in [-0.1, -0.05) is 6.92 Å². The van der Waals surface area contributed by atoms with Gasteiger partial charge in [-0.3, -0.25) is 0 Å². The summed E-state index contributed by atoms with van der Waals surface area (Å²) in [6.45, 7) is 6.34. The van der Waals surface area contributed by atoms with Crippen molar-refractivity contribution in [1.29, 1.82) is 0 Å². The van der Waals surface area contributed by atoms with Crippen molar-refractivity contribution in [2.24, 2.45) is 0 Å². The number of pyridine rings is 1. The van der Waals surface area contributed by atoms with Crippen molar-refractivity contribution in [1.82, 2.24) is 14.7 Å².